The number of hydrogen-bond acceptors (Lipinski definition) is 9. The van der Waals surface area contributed by atoms with Crippen LogP contribution in [0, 0.1) is 27.7 Å². The van der Waals surface area contributed by atoms with Crippen molar-refractivity contribution >= 4 is 38.0 Å². The zero-order valence-electron chi connectivity index (χ0n) is 23.7. The van der Waals surface area contributed by atoms with Gasteiger partial charge in [-0.25, -0.2) is 13.2 Å². The molecule has 2 aromatic carbocycles. The van der Waals surface area contributed by atoms with Gasteiger partial charge in [0.15, 0.2) is 11.9 Å². The van der Waals surface area contributed by atoms with Crippen molar-refractivity contribution in [1.29, 1.82) is 0 Å². The number of imidazole rings is 1. The zero-order valence-corrected chi connectivity index (χ0v) is 25.3. The Morgan fingerprint density at radius 1 is 1.07 bits per heavy atom. The van der Waals surface area contributed by atoms with Crippen LogP contribution >= 0.6 is 0 Å². The third-order valence-electron chi connectivity index (χ3n) is 6.64. The quantitative estimate of drug-likeness (QED) is 0.252. The molecule has 218 valence electrons. The van der Waals surface area contributed by atoms with Crippen LogP contribution in [0.25, 0.3) is 11.0 Å². The van der Waals surface area contributed by atoms with Gasteiger partial charge in [-0.2, -0.15) is 4.98 Å². The van der Waals surface area contributed by atoms with Crippen LogP contribution < -0.4 is 14.2 Å². The van der Waals surface area contributed by atoms with E-state index >= 15 is 0 Å². The fourth-order valence-corrected chi connectivity index (χ4v) is 7.79. The number of nitrogens with zero attached hydrogens (tertiary/aromatic N) is 2. The summed E-state index contributed by atoms with van der Waals surface area (Å²) in [6.45, 7) is 8.29. The third-order valence-corrected chi connectivity index (χ3v) is 9.91. The van der Waals surface area contributed by atoms with E-state index in [1.807, 2.05) is 13.8 Å². The Hall–Kier alpha value is -3.81. The largest absolute Gasteiger partial charge is 0.609 e. The van der Waals surface area contributed by atoms with Gasteiger partial charge in [0.1, 0.15) is 27.7 Å². The number of ether oxygens (including phenoxy) is 3. The number of methoxy groups -OCH3 is 2. The lowest BCUT2D eigenvalue weighted by molar-refractivity contribution is -0.144. The standard InChI is InChI=1S/C28H31N3O8S2/c1-14-10-19(39-18(5)27(32)33)11-15(2)25(14)41(35,36)26-22(37-6)9-8-20-23(26)31-28(30-20)40(34)13-21-17(4)24(38-7)16(3)12-29-21/h8-12,18H,13H2,1-7H3,(H,30,31)(H,32,33). The molecule has 2 heterocycles. The van der Waals surface area contributed by atoms with Gasteiger partial charge in [-0.05, 0) is 70.0 Å². The lowest BCUT2D eigenvalue weighted by atomic mass is 10.1. The van der Waals surface area contributed by atoms with Crippen LogP contribution in [0.2, 0.25) is 0 Å². The van der Waals surface area contributed by atoms with E-state index in [0.717, 1.165) is 11.1 Å². The number of aryl methyl sites for hydroxylation is 3. The van der Waals surface area contributed by atoms with Crippen LogP contribution in [-0.4, -0.2) is 59.3 Å². The third kappa shape index (κ3) is 5.69. The van der Waals surface area contributed by atoms with Gasteiger partial charge in [-0.15, -0.1) is 0 Å². The molecule has 11 nitrogen and oxygen atoms in total. The van der Waals surface area contributed by atoms with Crippen molar-refractivity contribution in [3.63, 3.8) is 0 Å². The molecule has 0 saturated heterocycles. The highest BCUT2D eigenvalue weighted by atomic mass is 32.2. The first-order chi connectivity index (χ1) is 19.3. The van der Waals surface area contributed by atoms with Crippen LogP contribution in [-0.2, 0) is 31.6 Å². The lowest BCUT2D eigenvalue weighted by Gasteiger charge is -2.17. The number of pyridine rings is 1. The number of carboxylic acids is 1. The number of H-pyrrole nitrogens is 1. The average Bonchev–Trinajstić information content (AvgIpc) is 3.33. The fraction of sp³-hybridized carbons (Fsp3) is 0.321. The van der Waals surface area contributed by atoms with Crippen LogP contribution in [0.4, 0.5) is 0 Å². The van der Waals surface area contributed by atoms with E-state index in [1.165, 1.54) is 32.2 Å². The molecule has 41 heavy (non-hydrogen) atoms. The highest BCUT2D eigenvalue weighted by molar-refractivity contribution is 7.92. The van der Waals surface area contributed by atoms with Gasteiger partial charge in [-0.3, -0.25) is 9.97 Å². The second kappa shape index (κ2) is 11.6. The molecule has 2 unspecified atom stereocenters. The number of nitrogens with one attached hydrogen (secondary N) is 1. The molecular formula is C28H31N3O8S2. The molecule has 4 rings (SSSR count). The predicted molar refractivity (Wildman–Crippen MR) is 152 cm³/mol. The van der Waals surface area contributed by atoms with Gasteiger partial charge >= 0.3 is 11.1 Å². The first-order valence-corrected chi connectivity index (χ1v) is 15.3. The van der Waals surface area contributed by atoms with E-state index < -0.39 is 33.1 Å². The molecule has 0 aliphatic carbocycles. The summed E-state index contributed by atoms with van der Waals surface area (Å²) in [6, 6.07) is 6.07. The minimum Gasteiger partial charge on any atom is -0.609 e. The summed E-state index contributed by atoms with van der Waals surface area (Å²) < 4.78 is 58.0. The maximum absolute atomic E-state index is 14.2. The maximum Gasteiger partial charge on any atom is 0.344 e. The van der Waals surface area contributed by atoms with E-state index in [4.69, 9.17) is 19.3 Å². The molecule has 2 N–H and O–H groups in total. The van der Waals surface area contributed by atoms with Crippen LogP contribution in [0.1, 0.15) is 34.9 Å². The number of benzene rings is 2. The minimum atomic E-state index is -4.23. The molecular weight excluding hydrogens is 570 g/mol. The van der Waals surface area contributed by atoms with Crippen molar-refractivity contribution < 1.29 is 37.1 Å². The number of sulfone groups is 1. The highest BCUT2D eigenvalue weighted by Gasteiger charge is 2.32. The highest BCUT2D eigenvalue weighted by Crippen LogP contribution is 2.39. The summed E-state index contributed by atoms with van der Waals surface area (Å²) in [5, 5.41) is 9.26. The monoisotopic (exact) mass is 601 g/mol. The number of rotatable bonds is 10. The number of aliphatic carboxylic acids is 1. The van der Waals surface area contributed by atoms with E-state index in [1.54, 1.807) is 33.2 Å². The number of aromatic amines is 1. The van der Waals surface area contributed by atoms with Crippen LogP contribution in [0.3, 0.4) is 0 Å². The molecule has 4 aromatic rings. The van der Waals surface area contributed by atoms with Crippen molar-refractivity contribution in [2.24, 2.45) is 0 Å². The molecule has 0 amide bonds. The Morgan fingerprint density at radius 3 is 2.32 bits per heavy atom. The molecule has 2 atom stereocenters. The molecule has 0 radical (unpaired) electrons. The number of carbonyl (C=O) groups is 1. The minimum absolute atomic E-state index is 0.0101. The second-order valence-corrected chi connectivity index (χ2v) is 12.7. The van der Waals surface area contributed by atoms with Crippen molar-refractivity contribution in [2.75, 3.05) is 14.2 Å². The molecule has 0 aliphatic rings. The number of hydrogen-bond donors (Lipinski definition) is 2. The maximum atomic E-state index is 14.2. The summed E-state index contributed by atoms with van der Waals surface area (Å²) in [4.78, 5) is 22.9. The van der Waals surface area contributed by atoms with E-state index in [2.05, 4.69) is 15.0 Å². The molecule has 2 aromatic heterocycles. The van der Waals surface area contributed by atoms with Gasteiger partial charge < -0.3 is 23.9 Å². The molecule has 0 fully saturated rings. The zero-order chi connectivity index (χ0) is 30.2. The van der Waals surface area contributed by atoms with Gasteiger partial charge in [-0.1, -0.05) is 0 Å². The topological polar surface area (TPSA) is 164 Å². The predicted octanol–water partition coefficient (Wildman–Crippen LogP) is 4.20. The Bertz CT molecular complexity index is 1730. The van der Waals surface area contributed by atoms with Gasteiger partial charge in [0, 0.05) is 28.5 Å². The fourth-order valence-electron chi connectivity index (χ4n) is 4.71. The number of carboxylic acid groups (broad SMARTS) is 1. The first-order valence-electron chi connectivity index (χ1n) is 12.5. The Labute approximate surface area is 241 Å². The first kappa shape index (κ1) is 30.2. The van der Waals surface area contributed by atoms with Crippen LogP contribution in [0.15, 0.2) is 45.4 Å². The van der Waals surface area contributed by atoms with Gasteiger partial charge in [0.2, 0.25) is 9.84 Å². The molecule has 0 spiro atoms. The van der Waals surface area contributed by atoms with Crippen molar-refractivity contribution in [1.82, 2.24) is 15.0 Å². The molecule has 0 bridgehead atoms. The van der Waals surface area contributed by atoms with E-state index in [0.29, 0.717) is 28.1 Å². The van der Waals surface area contributed by atoms with Gasteiger partial charge in [0.25, 0.3) is 0 Å². The Morgan fingerprint density at radius 2 is 1.73 bits per heavy atom. The van der Waals surface area contributed by atoms with Crippen molar-refractivity contribution in [2.45, 2.75) is 61.4 Å². The summed E-state index contributed by atoms with van der Waals surface area (Å²) in [5.41, 5.74) is 3.34. The van der Waals surface area contributed by atoms with Crippen molar-refractivity contribution in [3.8, 4) is 17.2 Å². The van der Waals surface area contributed by atoms with E-state index in [-0.39, 0.29) is 37.7 Å². The SMILES string of the molecule is COc1ccc2[nH]c([S+]([O-])Cc3ncc(C)c(OC)c3C)nc2c1S(=O)(=O)c1c(C)cc(OC(C)C(=O)O)cc1C. The number of aromatic nitrogens is 3. The van der Waals surface area contributed by atoms with Crippen molar-refractivity contribution in [3.05, 3.63) is 58.4 Å². The smallest absolute Gasteiger partial charge is 0.344 e. The van der Waals surface area contributed by atoms with Crippen LogP contribution in [0.5, 0.6) is 17.2 Å². The van der Waals surface area contributed by atoms with Gasteiger partial charge in [0.05, 0.1) is 30.3 Å². The average molecular weight is 602 g/mol. The Balaban J connectivity index is 1.79. The normalized spacial score (nSPS) is 13.2. The lowest BCUT2D eigenvalue weighted by Crippen LogP contribution is -2.23. The molecule has 0 saturated carbocycles. The molecule has 0 aliphatic heterocycles. The van der Waals surface area contributed by atoms with E-state index in [9.17, 15) is 17.8 Å². The summed E-state index contributed by atoms with van der Waals surface area (Å²) in [5.74, 6) is -0.147. The summed E-state index contributed by atoms with van der Waals surface area (Å²) >= 11 is -1.69. The summed E-state index contributed by atoms with van der Waals surface area (Å²) in [6.07, 6.45) is 0.531. The molecule has 13 heteroatoms. The second-order valence-electron chi connectivity index (χ2n) is 9.56. The Kier molecular flexibility index (Phi) is 8.52. The number of fused-ring (bicyclic) bond motifs is 1. The summed E-state index contributed by atoms with van der Waals surface area (Å²) in [7, 11) is -1.31.